The van der Waals surface area contributed by atoms with Crippen molar-refractivity contribution in [2.45, 2.75) is 27.4 Å². The van der Waals surface area contributed by atoms with Crippen LogP contribution in [0, 0.1) is 19.7 Å². The molecule has 0 aliphatic heterocycles. The lowest BCUT2D eigenvalue weighted by atomic mass is 10.2. The van der Waals surface area contributed by atoms with Gasteiger partial charge in [0.15, 0.2) is 5.11 Å². The van der Waals surface area contributed by atoms with Crippen molar-refractivity contribution >= 4 is 23.5 Å². The molecule has 7 heteroatoms. The van der Waals surface area contributed by atoms with E-state index >= 15 is 0 Å². The van der Waals surface area contributed by atoms with Crippen molar-refractivity contribution in [3.8, 4) is 11.4 Å². The SMILES string of the molecule is CCNC(=S)NN=Cc1cc(C)n(-c2ccc(OCc3ccccc3F)cc2)c1C. The van der Waals surface area contributed by atoms with Gasteiger partial charge in [-0.05, 0) is 69.4 Å². The number of aryl methyl sites for hydroxylation is 1. The highest BCUT2D eigenvalue weighted by atomic mass is 32.1. The second-order valence-electron chi connectivity index (χ2n) is 6.77. The van der Waals surface area contributed by atoms with Crippen LogP contribution in [0.2, 0.25) is 0 Å². The number of benzene rings is 2. The van der Waals surface area contributed by atoms with Crippen molar-refractivity contribution in [3.63, 3.8) is 0 Å². The Hall–Kier alpha value is -3.19. The lowest BCUT2D eigenvalue weighted by molar-refractivity contribution is 0.300. The molecule has 156 valence electrons. The third-order valence-electron chi connectivity index (χ3n) is 4.62. The van der Waals surface area contributed by atoms with Crippen LogP contribution in [0.4, 0.5) is 4.39 Å². The second kappa shape index (κ2) is 10.0. The maximum Gasteiger partial charge on any atom is 0.186 e. The molecule has 0 aliphatic carbocycles. The fraction of sp³-hybridized carbons (Fsp3) is 0.217. The second-order valence-corrected chi connectivity index (χ2v) is 7.17. The van der Waals surface area contributed by atoms with E-state index in [0.29, 0.717) is 16.4 Å². The lowest BCUT2D eigenvalue weighted by Gasteiger charge is -2.12. The third-order valence-corrected chi connectivity index (χ3v) is 4.86. The van der Waals surface area contributed by atoms with Crippen LogP contribution in [0.3, 0.4) is 0 Å². The van der Waals surface area contributed by atoms with Crippen LogP contribution < -0.4 is 15.5 Å². The van der Waals surface area contributed by atoms with Crippen molar-refractivity contribution in [1.82, 2.24) is 15.3 Å². The molecule has 0 fully saturated rings. The zero-order chi connectivity index (χ0) is 21.5. The molecule has 3 rings (SSSR count). The Balaban J connectivity index is 1.70. The summed E-state index contributed by atoms with van der Waals surface area (Å²) in [6.07, 6.45) is 1.76. The van der Waals surface area contributed by atoms with Gasteiger partial charge in [0.1, 0.15) is 18.2 Å². The fourth-order valence-electron chi connectivity index (χ4n) is 3.14. The number of halogens is 1. The first-order chi connectivity index (χ1) is 14.5. The molecule has 2 aromatic carbocycles. The number of hydrogen-bond acceptors (Lipinski definition) is 3. The molecule has 0 bridgehead atoms. The summed E-state index contributed by atoms with van der Waals surface area (Å²) in [5.41, 5.74) is 7.50. The number of aromatic nitrogens is 1. The van der Waals surface area contributed by atoms with Gasteiger partial charge in [0.25, 0.3) is 0 Å². The fourth-order valence-corrected chi connectivity index (χ4v) is 3.34. The highest BCUT2D eigenvalue weighted by molar-refractivity contribution is 7.80. The molecular weight excluding hydrogens is 399 g/mol. The van der Waals surface area contributed by atoms with Crippen LogP contribution in [0.5, 0.6) is 5.75 Å². The summed E-state index contributed by atoms with van der Waals surface area (Å²) in [5.74, 6) is 0.426. The van der Waals surface area contributed by atoms with E-state index in [4.69, 9.17) is 17.0 Å². The van der Waals surface area contributed by atoms with Gasteiger partial charge in [-0.3, -0.25) is 5.43 Å². The number of ether oxygens (including phenoxy) is 1. The van der Waals surface area contributed by atoms with Gasteiger partial charge >= 0.3 is 0 Å². The minimum absolute atomic E-state index is 0.190. The largest absolute Gasteiger partial charge is 0.489 e. The Morgan fingerprint density at radius 3 is 2.60 bits per heavy atom. The quantitative estimate of drug-likeness (QED) is 0.330. The zero-order valence-corrected chi connectivity index (χ0v) is 18.1. The maximum absolute atomic E-state index is 13.7. The van der Waals surface area contributed by atoms with Gasteiger partial charge in [0.05, 0.1) is 6.21 Å². The van der Waals surface area contributed by atoms with Gasteiger partial charge < -0.3 is 14.6 Å². The molecule has 1 aromatic heterocycles. The summed E-state index contributed by atoms with van der Waals surface area (Å²) in [6.45, 7) is 7.00. The van der Waals surface area contributed by atoms with Crippen molar-refractivity contribution < 1.29 is 9.13 Å². The molecule has 0 saturated heterocycles. The van der Waals surface area contributed by atoms with Crippen molar-refractivity contribution in [2.24, 2.45) is 5.10 Å². The number of nitrogens with one attached hydrogen (secondary N) is 2. The molecule has 0 radical (unpaired) electrons. The van der Waals surface area contributed by atoms with E-state index in [9.17, 15) is 4.39 Å². The van der Waals surface area contributed by atoms with Crippen LogP contribution >= 0.6 is 12.2 Å². The van der Waals surface area contributed by atoms with Crippen molar-refractivity contribution in [3.05, 3.63) is 82.9 Å². The molecule has 0 unspecified atom stereocenters. The summed E-state index contributed by atoms with van der Waals surface area (Å²) in [6, 6.07) is 16.4. The minimum Gasteiger partial charge on any atom is -0.489 e. The first-order valence-electron chi connectivity index (χ1n) is 9.72. The topological polar surface area (TPSA) is 50.6 Å². The average Bonchev–Trinajstić information content (AvgIpc) is 3.01. The Morgan fingerprint density at radius 2 is 1.90 bits per heavy atom. The standard InChI is InChI=1S/C23H25FN4OS/c1-4-25-23(30)27-26-14-19-13-16(2)28(17(19)3)20-9-11-21(12-10-20)29-15-18-7-5-6-8-22(18)24/h5-14H,4,15H2,1-3H3,(H2,25,27,30). The van der Waals surface area contributed by atoms with E-state index < -0.39 is 0 Å². The van der Waals surface area contributed by atoms with Crippen LogP contribution in [0.25, 0.3) is 5.69 Å². The summed E-state index contributed by atoms with van der Waals surface area (Å²) >= 11 is 5.11. The summed E-state index contributed by atoms with van der Waals surface area (Å²) < 4.78 is 21.6. The average molecular weight is 425 g/mol. The monoisotopic (exact) mass is 424 g/mol. The van der Waals surface area contributed by atoms with E-state index in [-0.39, 0.29) is 12.4 Å². The van der Waals surface area contributed by atoms with Gasteiger partial charge in [-0.25, -0.2) is 4.39 Å². The van der Waals surface area contributed by atoms with Gasteiger partial charge in [0, 0.05) is 34.7 Å². The predicted molar refractivity (Wildman–Crippen MR) is 123 cm³/mol. The van der Waals surface area contributed by atoms with Crippen molar-refractivity contribution in [1.29, 1.82) is 0 Å². The highest BCUT2D eigenvalue weighted by Gasteiger charge is 2.10. The number of thiocarbonyl (C=S) groups is 1. The molecule has 0 spiro atoms. The molecule has 30 heavy (non-hydrogen) atoms. The van der Waals surface area contributed by atoms with Gasteiger partial charge in [-0.15, -0.1) is 0 Å². The van der Waals surface area contributed by atoms with Crippen LogP contribution in [0.15, 0.2) is 59.7 Å². The molecule has 0 amide bonds. The van der Waals surface area contributed by atoms with Crippen LogP contribution in [-0.2, 0) is 6.61 Å². The van der Waals surface area contributed by atoms with Gasteiger partial charge in [0.2, 0.25) is 0 Å². The summed E-state index contributed by atoms with van der Waals surface area (Å²) in [4.78, 5) is 0. The van der Waals surface area contributed by atoms with E-state index in [1.54, 1.807) is 24.4 Å². The Bertz CT molecular complexity index is 1040. The van der Waals surface area contributed by atoms with Gasteiger partial charge in [-0.1, -0.05) is 18.2 Å². The third kappa shape index (κ3) is 5.24. The van der Waals surface area contributed by atoms with E-state index in [2.05, 4.69) is 26.5 Å². The van der Waals surface area contributed by atoms with E-state index in [1.165, 1.54) is 6.07 Å². The molecule has 0 aliphatic rings. The van der Waals surface area contributed by atoms with Gasteiger partial charge in [-0.2, -0.15) is 5.10 Å². The van der Waals surface area contributed by atoms with Crippen LogP contribution in [-0.4, -0.2) is 22.4 Å². The normalized spacial score (nSPS) is 10.9. The lowest BCUT2D eigenvalue weighted by Crippen LogP contribution is -2.31. The molecule has 0 saturated carbocycles. The Kier molecular flexibility index (Phi) is 7.19. The Morgan fingerprint density at radius 1 is 1.17 bits per heavy atom. The molecule has 2 N–H and O–H groups in total. The number of hydrazone groups is 1. The van der Waals surface area contributed by atoms with E-state index in [1.807, 2.05) is 45.0 Å². The molecule has 0 atom stereocenters. The predicted octanol–water partition coefficient (Wildman–Crippen LogP) is 4.63. The van der Waals surface area contributed by atoms with Crippen molar-refractivity contribution in [2.75, 3.05) is 6.54 Å². The van der Waals surface area contributed by atoms with Crippen LogP contribution in [0.1, 0.15) is 29.4 Å². The summed E-state index contributed by atoms with van der Waals surface area (Å²) in [5, 5.41) is 7.68. The Labute approximate surface area is 181 Å². The zero-order valence-electron chi connectivity index (χ0n) is 17.3. The number of rotatable bonds is 7. The first kappa shape index (κ1) is 21.5. The minimum atomic E-state index is -0.261. The first-order valence-corrected chi connectivity index (χ1v) is 10.1. The molecular formula is C23H25FN4OS. The number of nitrogens with zero attached hydrogens (tertiary/aromatic N) is 2. The summed E-state index contributed by atoms with van der Waals surface area (Å²) in [7, 11) is 0. The smallest absolute Gasteiger partial charge is 0.186 e. The molecule has 1 heterocycles. The number of hydrogen-bond donors (Lipinski definition) is 2. The molecule has 5 nitrogen and oxygen atoms in total. The maximum atomic E-state index is 13.7. The molecule has 3 aromatic rings. The highest BCUT2D eigenvalue weighted by Crippen LogP contribution is 2.22. The van der Waals surface area contributed by atoms with E-state index in [0.717, 1.165) is 29.2 Å².